The number of benzene rings is 2. The van der Waals surface area contributed by atoms with E-state index >= 15 is 0 Å². The minimum Gasteiger partial charge on any atom is -0.338 e. The molecule has 0 saturated heterocycles. The first-order chi connectivity index (χ1) is 12.3. The van der Waals surface area contributed by atoms with Crippen LogP contribution in [0.25, 0.3) is 0 Å². The fourth-order valence-electron chi connectivity index (χ4n) is 2.54. The van der Waals surface area contributed by atoms with E-state index in [4.69, 9.17) is 0 Å². The Hall–Kier alpha value is -2.95. The van der Waals surface area contributed by atoms with E-state index in [0.29, 0.717) is 24.3 Å². The molecule has 2 rings (SSSR count). The molecule has 0 fully saturated rings. The van der Waals surface area contributed by atoms with Gasteiger partial charge in [0.05, 0.1) is 0 Å². The molecule has 0 atom stereocenters. The molecule has 2 aromatic rings. The molecule has 0 radical (unpaired) electrons. The van der Waals surface area contributed by atoms with Crippen LogP contribution in [0.1, 0.15) is 41.8 Å². The van der Waals surface area contributed by atoms with Crippen LogP contribution in [-0.4, -0.2) is 29.0 Å². The Labute approximate surface area is 154 Å². The third-order valence-electron chi connectivity index (χ3n) is 4.10. The molecule has 0 bridgehead atoms. The highest BCUT2D eigenvalue weighted by molar-refractivity contribution is 5.97. The zero-order chi connectivity index (χ0) is 19.1. The number of rotatable bonds is 7. The van der Waals surface area contributed by atoms with Gasteiger partial charge in [0.15, 0.2) is 5.78 Å². The molecule has 26 heavy (non-hydrogen) atoms. The average Bonchev–Trinajstić information content (AvgIpc) is 2.60. The maximum atomic E-state index is 12.2. The Kier molecular flexibility index (Phi) is 6.67. The summed E-state index contributed by atoms with van der Waals surface area (Å²) in [6.45, 7) is 5.81. The predicted molar refractivity (Wildman–Crippen MR) is 102 cm³/mol. The summed E-state index contributed by atoms with van der Waals surface area (Å²) in [5.74, 6) is -0.320. The van der Waals surface area contributed by atoms with Crippen molar-refractivity contribution in [1.29, 1.82) is 0 Å². The standard InChI is InChI=1S/C21H24N2O3/c1-15-7-9-18(10-8-15)14-23(17(3)25)12-11-21(26)22-20-6-4-5-19(13-20)16(2)24/h4-10,13H,11-12,14H2,1-3H3,(H,22,26). The molecule has 2 aromatic carbocycles. The van der Waals surface area contributed by atoms with Gasteiger partial charge in [-0.25, -0.2) is 0 Å². The van der Waals surface area contributed by atoms with E-state index in [-0.39, 0.29) is 24.0 Å². The van der Waals surface area contributed by atoms with E-state index in [1.165, 1.54) is 13.8 Å². The molecule has 136 valence electrons. The molecular weight excluding hydrogens is 328 g/mol. The van der Waals surface area contributed by atoms with Crippen LogP contribution in [0.5, 0.6) is 0 Å². The monoisotopic (exact) mass is 352 g/mol. The molecule has 0 aliphatic carbocycles. The topological polar surface area (TPSA) is 66.5 Å². The average molecular weight is 352 g/mol. The summed E-state index contributed by atoms with van der Waals surface area (Å²) >= 11 is 0. The number of ketones is 1. The number of nitrogens with zero attached hydrogens (tertiary/aromatic N) is 1. The van der Waals surface area contributed by atoms with Crippen LogP contribution in [0, 0.1) is 6.92 Å². The summed E-state index contributed by atoms with van der Waals surface area (Å²) in [7, 11) is 0. The Morgan fingerprint density at radius 2 is 1.69 bits per heavy atom. The van der Waals surface area contributed by atoms with Gasteiger partial charge >= 0.3 is 0 Å². The van der Waals surface area contributed by atoms with Gasteiger partial charge in [0.1, 0.15) is 0 Å². The number of hydrogen-bond donors (Lipinski definition) is 1. The Balaban J connectivity index is 1.92. The van der Waals surface area contributed by atoms with Crippen molar-refractivity contribution in [2.45, 2.75) is 33.7 Å². The van der Waals surface area contributed by atoms with Crippen LogP contribution in [0.15, 0.2) is 48.5 Å². The van der Waals surface area contributed by atoms with Gasteiger partial charge in [0, 0.05) is 37.7 Å². The lowest BCUT2D eigenvalue weighted by molar-refractivity contribution is -0.129. The van der Waals surface area contributed by atoms with Crippen LogP contribution in [-0.2, 0) is 16.1 Å². The molecule has 0 saturated carbocycles. The minimum atomic E-state index is -0.194. The number of nitrogens with one attached hydrogen (secondary N) is 1. The number of Topliss-reactive ketones (excluding diaryl/α,β-unsaturated/α-hetero) is 1. The molecule has 5 heteroatoms. The van der Waals surface area contributed by atoms with Gasteiger partial charge in [-0.05, 0) is 31.5 Å². The van der Waals surface area contributed by atoms with E-state index in [1.807, 2.05) is 31.2 Å². The molecule has 5 nitrogen and oxygen atoms in total. The van der Waals surface area contributed by atoms with Crippen molar-refractivity contribution in [1.82, 2.24) is 4.90 Å². The van der Waals surface area contributed by atoms with Crippen molar-refractivity contribution in [3.8, 4) is 0 Å². The van der Waals surface area contributed by atoms with Gasteiger partial charge in [0.2, 0.25) is 11.8 Å². The number of hydrogen-bond acceptors (Lipinski definition) is 3. The van der Waals surface area contributed by atoms with E-state index in [2.05, 4.69) is 5.32 Å². The van der Waals surface area contributed by atoms with Gasteiger partial charge in [-0.2, -0.15) is 0 Å². The number of carbonyl (C=O) groups is 3. The summed E-state index contributed by atoms with van der Waals surface area (Å²) in [5.41, 5.74) is 3.32. The highest BCUT2D eigenvalue weighted by Gasteiger charge is 2.12. The second kappa shape index (κ2) is 8.94. The first kappa shape index (κ1) is 19.4. The Morgan fingerprint density at radius 3 is 2.31 bits per heavy atom. The van der Waals surface area contributed by atoms with Crippen molar-refractivity contribution in [2.24, 2.45) is 0 Å². The van der Waals surface area contributed by atoms with Crippen LogP contribution in [0.2, 0.25) is 0 Å². The first-order valence-electron chi connectivity index (χ1n) is 8.57. The van der Waals surface area contributed by atoms with Crippen LogP contribution < -0.4 is 5.32 Å². The summed E-state index contributed by atoms with van der Waals surface area (Å²) in [6, 6.07) is 14.8. The van der Waals surface area contributed by atoms with Gasteiger partial charge in [-0.3, -0.25) is 14.4 Å². The van der Waals surface area contributed by atoms with Crippen molar-refractivity contribution in [3.05, 3.63) is 65.2 Å². The number of anilines is 1. The van der Waals surface area contributed by atoms with E-state index < -0.39 is 0 Å². The SMILES string of the molecule is CC(=O)c1cccc(NC(=O)CCN(Cc2ccc(C)cc2)C(C)=O)c1. The van der Waals surface area contributed by atoms with Crippen molar-refractivity contribution in [2.75, 3.05) is 11.9 Å². The zero-order valence-corrected chi connectivity index (χ0v) is 15.4. The second-order valence-electron chi connectivity index (χ2n) is 6.36. The number of carbonyl (C=O) groups excluding carboxylic acids is 3. The van der Waals surface area contributed by atoms with Crippen molar-refractivity contribution in [3.63, 3.8) is 0 Å². The predicted octanol–water partition coefficient (Wildman–Crippen LogP) is 3.57. The van der Waals surface area contributed by atoms with Gasteiger partial charge < -0.3 is 10.2 Å². The molecule has 0 aromatic heterocycles. The first-order valence-corrected chi connectivity index (χ1v) is 8.57. The number of aryl methyl sites for hydroxylation is 1. The fourth-order valence-corrected chi connectivity index (χ4v) is 2.54. The van der Waals surface area contributed by atoms with E-state index in [9.17, 15) is 14.4 Å². The second-order valence-corrected chi connectivity index (χ2v) is 6.36. The normalized spacial score (nSPS) is 10.3. The third kappa shape index (κ3) is 5.84. The van der Waals surface area contributed by atoms with E-state index in [1.54, 1.807) is 29.2 Å². The number of amides is 2. The smallest absolute Gasteiger partial charge is 0.226 e. The van der Waals surface area contributed by atoms with Crippen LogP contribution in [0.3, 0.4) is 0 Å². The summed E-state index contributed by atoms with van der Waals surface area (Å²) in [4.78, 5) is 37.1. The third-order valence-corrected chi connectivity index (χ3v) is 4.10. The quantitative estimate of drug-likeness (QED) is 0.775. The van der Waals surface area contributed by atoms with E-state index in [0.717, 1.165) is 11.1 Å². The van der Waals surface area contributed by atoms with Gasteiger partial charge in [-0.1, -0.05) is 42.0 Å². The highest BCUT2D eigenvalue weighted by atomic mass is 16.2. The van der Waals surface area contributed by atoms with Crippen LogP contribution in [0.4, 0.5) is 5.69 Å². The lowest BCUT2D eigenvalue weighted by atomic mass is 10.1. The summed E-state index contributed by atoms with van der Waals surface area (Å²) in [6.07, 6.45) is 0.190. The lowest BCUT2D eigenvalue weighted by Gasteiger charge is -2.21. The molecule has 1 N–H and O–H groups in total. The van der Waals surface area contributed by atoms with Gasteiger partial charge in [-0.15, -0.1) is 0 Å². The Morgan fingerprint density at radius 1 is 1.00 bits per heavy atom. The molecule has 0 spiro atoms. The summed E-state index contributed by atoms with van der Waals surface area (Å²) in [5, 5.41) is 2.77. The van der Waals surface area contributed by atoms with Crippen LogP contribution >= 0.6 is 0 Å². The molecule has 0 unspecified atom stereocenters. The minimum absolute atomic E-state index is 0.0537. The fraction of sp³-hybridized carbons (Fsp3) is 0.286. The maximum Gasteiger partial charge on any atom is 0.226 e. The van der Waals surface area contributed by atoms with Crippen molar-refractivity contribution < 1.29 is 14.4 Å². The largest absolute Gasteiger partial charge is 0.338 e. The molecular formula is C21H24N2O3. The lowest BCUT2D eigenvalue weighted by Crippen LogP contribution is -2.31. The highest BCUT2D eigenvalue weighted by Crippen LogP contribution is 2.12. The zero-order valence-electron chi connectivity index (χ0n) is 15.4. The molecule has 0 aliphatic rings. The maximum absolute atomic E-state index is 12.2. The molecule has 0 aliphatic heterocycles. The molecule has 2 amide bonds. The Bertz CT molecular complexity index is 797. The van der Waals surface area contributed by atoms with Gasteiger partial charge in [0.25, 0.3) is 0 Å². The summed E-state index contributed by atoms with van der Waals surface area (Å²) < 4.78 is 0. The molecule has 0 heterocycles. The van der Waals surface area contributed by atoms with Crippen molar-refractivity contribution >= 4 is 23.3 Å².